The number of fused-ring (bicyclic) bond motifs is 1. The van der Waals surface area contributed by atoms with E-state index < -0.39 is 17.5 Å². The van der Waals surface area contributed by atoms with E-state index >= 15 is 0 Å². The van der Waals surface area contributed by atoms with Crippen LogP contribution in [0.1, 0.15) is 25.0 Å². The van der Waals surface area contributed by atoms with Gasteiger partial charge in [-0.05, 0) is 62.2 Å². The molecule has 0 atom stereocenters. The summed E-state index contributed by atoms with van der Waals surface area (Å²) in [4.78, 5) is 12.6. The van der Waals surface area contributed by atoms with E-state index in [1.807, 2.05) is 44.2 Å². The third kappa shape index (κ3) is 4.89. The second kappa shape index (κ2) is 10.0. The fourth-order valence-electron chi connectivity index (χ4n) is 3.96. The average molecular weight is 478 g/mol. The van der Waals surface area contributed by atoms with Gasteiger partial charge < -0.3 is 19.2 Å². The molecule has 4 aromatic rings. The van der Waals surface area contributed by atoms with Gasteiger partial charge in [-0.15, -0.1) is 0 Å². The number of benzene rings is 3. The van der Waals surface area contributed by atoms with Gasteiger partial charge >= 0.3 is 0 Å². The number of hydrogen-bond donors (Lipinski definition) is 1. The minimum absolute atomic E-state index is 0.159. The van der Waals surface area contributed by atoms with Gasteiger partial charge in [-0.25, -0.2) is 8.78 Å². The fraction of sp³-hybridized carbons (Fsp3) is 0.179. The van der Waals surface area contributed by atoms with Crippen molar-refractivity contribution in [2.45, 2.75) is 20.8 Å². The summed E-state index contributed by atoms with van der Waals surface area (Å²) in [5.41, 5.74) is 4.89. The lowest BCUT2D eigenvalue weighted by Gasteiger charge is -2.15. The molecule has 1 aromatic heterocycles. The molecular formula is C28H25F2NO4. The van der Waals surface area contributed by atoms with Crippen molar-refractivity contribution in [3.8, 4) is 22.6 Å². The molecule has 4 rings (SSSR count). The number of furan rings is 1. The third-order valence-electron chi connectivity index (χ3n) is 5.69. The van der Waals surface area contributed by atoms with Gasteiger partial charge in [0.05, 0.1) is 20.0 Å². The van der Waals surface area contributed by atoms with E-state index in [1.54, 1.807) is 20.3 Å². The Hall–Kier alpha value is -4.13. The molecule has 0 aliphatic carbocycles. The standard InChI is InChI=1S/C28H25F2NO4/c1-5-34-27-17(3)28-22(23(15-35-28)18-6-9-20(33-4)10-7-18)14-21(27)16(2)12-26(32)31-19-8-11-24(29)25(30)13-19/h6-15H,5H2,1-4H3,(H,31,32)/b16-12+. The summed E-state index contributed by atoms with van der Waals surface area (Å²) in [6, 6.07) is 12.8. The van der Waals surface area contributed by atoms with Gasteiger partial charge in [-0.2, -0.15) is 0 Å². The molecule has 1 amide bonds. The SMILES string of the molecule is CCOc1c(/C(C)=C/C(=O)Nc2ccc(F)c(F)c2)cc2c(-c3ccc(OC)cc3)coc2c1C. The van der Waals surface area contributed by atoms with Crippen LogP contribution >= 0.6 is 0 Å². The molecule has 0 bridgehead atoms. The molecule has 3 aromatic carbocycles. The number of aryl methyl sites for hydroxylation is 1. The molecule has 180 valence electrons. The van der Waals surface area contributed by atoms with Crippen LogP contribution in [-0.2, 0) is 4.79 Å². The number of carbonyl (C=O) groups is 1. The summed E-state index contributed by atoms with van der Waals surface area (Å²) in [6.45, 7) is 6.01. The predicted molar refractivity (Wildman–Crippen MR) is 133 cm³/mol. The Bertz CT molecular complexity index is 1420. The molecule has 0 saturated carbocycles. The van der Waals surface area contributed by atoms with Crippen LogP contribution in [0.4, 0.5) is 14.5 Å². The van der Waals surface area contributed by atoms with Crippen LogP contribution < -0.4 is 14.8 Å². The number of carbonyl (C=O) groups excluding carboxylic acids is 1. The summed E-state index contributed by atoms with van der Waals surface area (Å²) in [5, 5.41) is 3.44. The molecule has 5 nitrogen and oxygen atoms in total. The number of anilines is 1. The van der Waals surface area contributed by atoms with Crippen molar-refractivity contribution in [2.75, 3.05) is 19.0 Å². The number of amides is 1. The van der Waals surface area contributed by atoms with Crippen LogP contribution in [0.15, 0.2) is 65.3 Å². The number of ether oxygens (including phenoxy) is 2. The largest absolute Gasteiger partial charge is 0.497 e. The van der Waals surface area contributed by atoms with Crippen molar-refractivity contribution in [3.05, 3.63) is 83.6 Å². The lowest BCUT2D eigenvalue weighted by atomic mass is 9.96. The van der Waals surface area contributed by atoms with E-state index in [0.29, 0.717) is 23.5 Å². The minimum Gasteiger partial charge on any atom is -0.497 e. The zero-order valence-corrected chi connectivity index (χ0v) is 19.9. The van der Waals surface area contributed by atoms with Crippen LogP contribution in [0.25, 0.3) is 27.7 Å². The first-order valence-corrected chi connectivity index (χ1v) is 11.1. The maximum atomic E-state index is 13.5. The molecule has 0 aliphatic heterocycles. The predicted octanol–water partition coefficient (Wildman–Crippen LogP) is 7.14. The van der Waals surface area contributed by atoms with Gasteiger partial charge in [0.2, 0.25) is 5.91 Å². The maximum Gasteiger partial charge on any atom is 0.248 e. The van der Waals surface area contributed by atoms with Gasteiger partial charge in [0.1, 0.15) is 17.1 Å². The van der Waals surface area contributed by atoms with Gasteiger partial charge in [0, 0.05) is 39.9 Å². The number of allylic oxidation sites excluding steroid dienone is 1. The molecule has 1 heterocycles. The monoisotopic (exact) mass is 477 g/mol. The van der Waals surface area contributed by atoms with Crippen LogP contribution in [-0.4, -0.2) is 19.6 Å². The Morgan fingerprint density at radius 3 is 2.49 bits per heavy atom. The van der Waals surface area contributed by atoms with Crippen molar-refractivity contribution < 1.29 is 27.5 Å². The fourth-order valence-corrected chi connectivity index (χ4v) is 3.96. The Morgan fingerprint density at radius 2 is 1.83 bits per heavy atom. The topological polar surface area (TPSA) is 60.7 Å². The Labute approximate surface area is 202 Å². The second-order valence-electron chi connectivity index (χ2n) is 8.01. The Kier molecular flexibility index (Phi) is 6.87. The number of methoxy groups -OCH3 is 1. The van der Waals surface area contributed by atoms with Gasteiger partial charge in [-0.3, -0.25) is 4.79 Å². The van der Waals surface area contributed by atoms with E-state index in [-0.39, 0.29) is 5.69 Å². The van der Waals surface area contributed by atoms with E-state index in [0.717, 1.165) is 45.5 Å². The molecule has 0 saturated heterocycles. The summed E-state index contributed by atoms with van der Waals surface area (Å²) >= 11 is 0. The number of rotatable bonds is 7. The molecule has 0 radical (unpaired) electrons. The normalized spacial score (nSPS) is 11.5. The van der Waals surface area contributed by atoms with Crippen molar-refractivity contribution in [3.63, 3.8) is 0 Å². The molecule has 0 fully saturated rings. The molecule has 0 aliphatic rings. The van der Waals surface area contributed by atoms with E-state index in [2.05, 4.69) is 5.32 Å². The molecule has 0 unspecified atom stereocenters. The van der Waals surface area contributed by atoms with Crippen LogP contribution in [0, 0.1) is 18.6 Å². The smallest absolute Gasteiger partial charge is 0.248 e. The van der Waals surface area contributed by atoms with E-state index in [9.17, 15) is 13.6 Å². The van der Waals surface area contributed by atoms with Crippen molar-refractivity contribution >= 4 is 28.1 Å². The summed E-state index contributed by atoms with van der Waals surface area (Å²) in [5.74, 6) is -1.12. The zero-order chi connectivity index (χ0) is 25.1. The molecular weight excluding hydrogens is 452 g/mol. The van der Waals surface area contributed by atoms with Crippen molar-refractivity contribution in [2.24, 2.45) is 0 Å². The third-order valence-corrected chi connectivity index (χ3v) is 5.69. The Balaban J connectivity index is 1.75. The van der Waals surface area contributed by atoms with Gasteiger partial charge in [-0.1, -0.05) is 12.1 Å². The molecule has 7 heteroatoms. The zero-order valence-electron chi connectivity index (χ0n) is 19.9. The molecule has 1 N–H and O–H groups in total. The van der Waals surface area contributed by atoms with Crippen LogP contribution in [0.3, 0.4) is 0 Å². The summed E-state index contributed by atoms with van der Waals surface area (Å²) < 4.78 is 43.8. The highest BCUT2D eigenvalue weighted by molar-refractivity contribution is 6.06. The summed E-state index contributed by atoms with van der Waals surface area (Å²) in [6.07, 6.45) is 3.10. The van der Waals surface area contributed by atoms with Gasteiger partial charge in [0.15, 0.2) is 11.6 Å². The lowest BCUT2D eigenvalue weighted by molar-refractivity contribution is -0.111. The lowest BCUT2D eigenvalue weighted by Crippen LogP contribution is -2.09. The van der Waals surface area contributed by atoms with Crippen LogP contribution in [0.5, 0.6) is 11.5 Å². The van der Waals surface area contributed by atoms with Crippen molar-refractivity contribution in [1.29, 1.82) is 0 Å². The molecule has 35 heavy (non-hydrogen) atoms. The highest BCUT2D eigenvalue weighted by atomic mass is 19.2. The first-order valence-electron chi connectivity index (χ1n) is 11.1. The van der Waals surface area contributed by atoms with Crippen molar-refractivity contribution in [1.82, 2.24) is 0 Å². The number of halogens is 2. The summed E-state index contributed by atoms with van der Waals surface area (Å²) in [7, 11) is 1.62. The Morgan fingerprint density at radius 1 is 1.09 bits per heavy atom. The first kappa shape index (κ1) is 24.0. The first-order chi connectivity index (χ1) is 16.8. The molecule has 0 spiro atoms. The average Bonchev–Trinajstić information content (AvgIpc) is 3.27. The highest BCUT2D eigenvalue weighted by Gasteiger charge is 2.19. The quantitative estimate of drug-likeness (QED) is 0.288. The van der Waals surface area contributed by atoms with E-state index in [4.69, 9.17) is 13.9 Å². The second-order valence-corrected chi connectivity index (χ2v) is 8.01. The van der Waals surface area contributed by atoms with Gasteiger partial charge in [0.25, 0.3) is 0 Å². The number of nitrogens with one attached hydrogen (secondary N) is 1. The van der Waals surface area contributed by atoms with Crippen LogP contribution in [0.2, 0.25) is 0 Å². The number of hydrogen-bond acceptors (Lipinski definition) is 4. The highest BCUT2D eigenvalue weighted by Crippen LogP contribution is 2.41. The van der Waals surface area contributed by atoms with E-state index in [1.165, 1.54) is 12.1 Å². The minimum atomic E-state index is -1.03. The maximum absolute atomic E-state index is 13.5.